The van der Waals surface area contributed by atoms with E-state index in [1.54, 1.807) is 13.0 Å². The molecule has 0 bridgehead atoms. The topological polar surface area (TPSA) is 66.5 Å². The first-order valence-corrected chi connectivity index (χ1v) is 13.2. The van der Waals surface area contributed by atoms with Gasteiger partial charge in [0.2, 0.25) is 5.91 Å². The fourth-order valence-electron chi connectivity index (χ4n) is 4.40. The molecule has 1 aliphatic rings. The quantitative estimate of drug-likeness (QED) is 0.441. The molecule has 5 nitrogen and oxygen atoms in total. The lowest BCUT2D eigenvalue weighted by atomic mass is 9.89. The van der Waals surface area contributed by atoms with Gasteiger partial charge in [0, 0.05) is 0 Å². The number of amides is 1. The minimum Gasteiger partial charge on any atom is -0.348 e. The molecule has 9 heteroatoms. The third-order valence-corrected chi connectivity index (χ3v) is 8.12. The van der Waals surface area contributed by atoms with Crippen molar-refractivity contribution in [3.63, 3.8) is 0 Å². The van der Waals surface area contributed by atoms with Gasteiger partial charge in [0.05, 0.1) is 22.2 Å². The summed E-state index contributed by atoms with van der Waals surface area (Å²) in [5.41, 5.74) is 2.19. The zero-order valence-corrected chi connectivity index (χ0v) is 20.6. The van der Waals surface area contributed by atoms with Crippen LogP contribution < -0.4 is 9.62 Å². The third-order valence-electron chi connectivity index (χ3n) is 6.33. The number of hydrogen-bond acceptors (Lipinski definition) is 3. The summed E-state index contributed by atoms with van der Waals surface area (Å²) < 4.78 is 67.6. The summed E-state index contributed by atoms with van der Waals surface area (Å²) in [6, 6.07) is 16.9. The Labute approximate surface area is 209 Å². The lowest BCUT2D eigenvalue weighted by Crippen LogP contribution is -2.41. The van der Waals surface area contributed by atoms with Crippen LogP contribution in [-0.4, -0.2) is 20.9 Å². The number of benzene rings is 3. The van der Waals surface area contributed by atoms with E-state index in [-0.39, 0.29) is 10.6 Å². The third kappa shape index (κ3) is 5.73. The van der Waals surface area contributed by atoms with E-state index in [4.69, 9.17) is 0 Å². The van der Waals surface area contributed by atoms with Crippen LogP contribution >= 0.6 is 0 Å². The van der Waals surface area contributed by atoms with E-state index < -0.39 is 40.3 Å². The zero-order chi connectivity index (χ0) is 25.9. The van der Waals surface area contributed by atoms with Crippen molar-refractivity contribution in [1.82, 2.24) is 5.32 Å². The lowest BCUT2D eigenvalue weighted by molar-refractivity contribution is -0.137. The number of hydrogen-bond donors (Lipinski definition) is 1. The number of anilines is 1. The highest BCUT2D eigenvalue weighted by Gasteiger charge is 2.33. The highest BCUT2D eigenvalue weighted by molar-refractivity contribution is 7.92. The number of rotatable bonds is 7. The number of nitrogens with one attached hydrogen (secondary N) is 1. The SMILES string of the molecule is C[C@H](NC(=O)CN(c1cccc(C(F)(F)F)c1)S(=O)(=O)c1ccccc1)c1ccc2c(c1)CCCC2. The van der Waals surface area contributed by atoms with Crippen LogP contribution in [0.5, 0.6) is 0 Å². The molecular formula is C27H27F3N2O3S. The second kappa shape index (κ2) is 10.3. The first-order valence-electron chi connectivity index (χ1n) is 11.7. The van der Waals surface area contributed by atoms with Gasteiger partial charge in [-0.15, -0.1) is 0 Å². The maximum absolute atomic E-state index is 13.4. The minimum atomic E-state index is -4.67. The van der Waals surface area contributed by atoms with Crippen molar-refractivity contribution in [3.05, 3.63) is 95.1 Å². The van der Waals surface area contributed by atoms with E-state index >= 15 is 0 Å². The summed E-state index contributed by atoms with van der Waals surface area (Å²) in [7, 11) is -4.32. The van der Waals surface area contributed by atoms with Gasteiger partial charge in [0.15, 0.2) is 0 Å². The summed E-state index contributed by atoms with van der Waals surface area (Å²) in [6.07, 6.45) is -0.399. The lowest BCUT2D eigenvalue weighted by Gasteiger charge is -2.26. The summed E-state index contributed by atoms with van der Waals surface area (Å²) in [6.45, 7) is 1.12. The molecule has 0 fully saturated rings. The molecule has 0 unspecified atom stereocenters. The monoisotopic (exact) mass is 516 g/mol. The van der Waals surface area contributed by atoms with Gasteiger partial charge in [-0.05, 0) is 79.6 Å². The highest BCUT2D eigenvalue weighted by Crippen LogP contribution is 2.33. The second-order valence-electron chi connectivity index (χ2n) is 8.90. The Bertz CT molecular complexity index is 1340. The van der Waals surface area contributed by atoms with Crippen molar-refractivity contribution in [3.8, 4) is 0 Å². The summed E-state index contributed by atoms with van der Waals surface area (Å²) in [5, 5.41) is 2.80. The second-order valence-corrected chi connectivity index (χ2v) is 10.8. The minimum absolute atomic E-state index is 0.127. The number of carbonyl (C=O) groups excluding carboxylic acids is 1. The molecule has 190 valence electrons. The van der Waals surface area contributed by atoms with Crippen LogP contribution in [0.4, 0.5) is 18.9 Å². The van der Waals surface area contributed by atoms with Crippen LogP contribution in [-0.2, 0) is 33.8 Å². The first kappa shape index (κ1) is 25.8. The summed E-state index contributed by atoms with van der Waals surface area (Å²) in [4.78, 5) is 12.9. The van der Waals surface area contributed by atoms with E-state index in [2.05, 4.69) is 17.4 Å². The molecule has 0 spiro atoms. The van der Waals surface area contributed by atoms with Crippen molar-refractivity contribution in [2.75, 3.05) is 10.8 Å². The van der Waals surface area contributed by atoms with E-state index in [0.717, 1.165) is 49.4 Å². The first-order chi connectivity index (χ1) is 17.1. The number of fused-ring (bicyclic) bond motifs is 1. The van der Waals surface area contributed by atoms with E-state index in [1.165, 1.54) is 41.5 Å². The van der Waals surface area contributed by atoms with Gasteiger partial charge in [0.1, 0.15) is 6.54 Å². The molecule has 1 aliphatic carbocycles. The number of aryl methyl sites for hydroxylation is 2. The average Bonchev–Trinajstić information content (AvgIpc) is 2.87. The number of sulfonamides is 1. The van der Waals surface area contributed by atoms with Gasteiger partial charge in [-0.3, -0.25) is 9.10 Å². The maximum Gasteiger partial charge on any atom is 0.416 e. The Morgan fingerprint density at radius 1 is 0.944 bits per heavy atom. The molecular weight excluding hydrogens is 489 g/mol. The Balaban J connectivity index is 1.61. The normalized spacial score (nSPS) is 14.6. The molecule has 1 amide bonds. The van der Waals surface area contributed by atoms with Crippen LogP contribution in [0.15, 0.2) is 77.7 Å². The molecule has 0 heterocycles. The Morgan fingerprint density at radius 2 is 1.64 bits per heavy atom. The Kier molecular flexibility index (Phi) is 7.40. The number of nitrogens with zero attached hydrogens (tertiary/aromatic N) is 1. The summed E-state index contributed by atoms with van der Waals surface area (Å²) in [5.74, 6) is -0.628. The average molecular weight is 517 g/mol. The molecule has 1 N–H and O–H groups in total. The smallest absolute Gasteiger partial charge is 0.348 e. The van der Waals surface area contributed by atoms with Crippen LogP contribution in [0, 0.1) is 0 Å². The molecule has 0 radical (unpaired) electrons. The molecule has 0 saturated heterocycles. The van der Waals surface area contributed by atoms with Crippen LogP contribution in [0.25, 0.3) is 0 Å². The van der Waals surface area contributed by atoms with Gasteiger partial charge in [-0.25, -0.2) is 8.42 Å². The molecule has 0 aliphatic heterocycles. The number of carbonyl (C=O) groups is 1. The van der Waals surface area contributed by atoms with Gasteiger partial charge in [0.25, 0.3) is 10.0 Å². The predicted octanol–water partition coefficient (Wildman–Crippen LogP) is 5.66. The van der Waals surface area contributed by atoms with Gasteiger partial charge in [-0.2, -0.15) is 13.2 Å². The summed E-state index contributed by atoms with van der Waals surface area (Å²) >= 11 is 0. The largest absolute Gasteiger partial charge is 0.416 e. The van der Waals surface area contributed by atoms with Gasteiger partial charge >= 0.3 is 6.18 Å². The van der Waals surface area contributed by atoms with Crippen molar-refractivity contribution in [2.24, 2.45) is 0 Å². The van der Waals surface area contributed by atoms with Crippen LogP contribution in [0.3, 0.4) is 0 Å². The highest BCUT2D eigenvalue weighted by atomic mass is 32.2. The van der Waals surface area contributed by atoms with Gasteiger partial charge < -0.3 is 5.32 Å². The molecule has 0 saturated carbocycles. The van der Waals surface area contributed by atoms with Crippen molar-refractivity contribution < 1.29 is 26.4 Å². The Hall–Kier alpha value is -3.33. The molecule has 3 aromatic rings. The van der Waals surface area contributed by atoms with Crippen LogP contribution in [0.1, 0.15) is 48.1 Å². The van der Waals surface area contributed by atoms with Gasteiger partial charge in [-0.1, -0.05) is 42.5 Å². The molecule has 4 rings (SSSR count). The maximum atomic E-state index is 13.4. The van der Waals surface area contributed by atoms with Crippen molar-refractivity contribution in [2.45, 2.75) is 49.7 Å². The van der Waals surface area contributed by atoms with E-state index in [0.29, 0.717) is 4.31 Å². The van der Waals surface area contributed by atoms with E-state index in [9.17, 15) is 26.4 Å². The fraction of sp³-hybridized carbons (Fsp3) is 0.296. The molecule has 0 aromatic heterocycles. The molecule has 36 heavy (non-hydrogen) atoms. The molecule has 1 atom stereocenters. The van der Waals surface area contributed by atoms with Crippen molar-refractivity contribution in [1.29, 1.82) is 0 Å². The van der Waals surface area contributed by atoms with E-state index in [1.807, 2.05) is 6.07 Å². The zero-order valence-electron chi connectivity index (χ0n) is 19.8. The standard InChI is InChI=1S/C27H27F3N2O3S/c1-19(21-15-14-20-8-5-6-9-22(20)16-21)31-26(33)18-32(36(34,35)25-12-3-2-4-13-25)24-11-7-10-23(17-24)27(28,29)30/h2-4,7,10-17,19H,5-6,8-9,18H2,1H3,(H,31,33)/t19-/m0/s1. The number of halogens is 3. The van der Waals surface area contributed by atoms with Crippen molar-refractivity contribution >= 4 is 21.6 Å². The molecule has 3 aromatic carbocycles. The number of alkyl halides is 3. The predicted molar refractivity (Wildman–Crippen MR) is 132 cm³/mol. The Morgan fingerprint density at radius 3 is 2.33 bits per heavy atom. The van der Waals surface area contributed by atoms with Crippen LogP contribution in [0.2, 0.25) is 0 Å². The fourth-order valence-corrected chi connectivity index (χ4v) is 5.83.